The van der Waals surface area contributed by atoms with Crippen LogP contribution >= 0.6 is 0 Å². The van der Waals surface area contributed by atoms with Crippen molar-refractivity contribution in [3.8, 4) is 11.5 Å². The number of carbonyl (C=O) groups is 1. The molecule has 0 radical (unpaired) electrons. The van der Waals surface area contributed by atoms with Gasteiger partial charge in [0.2, 0.25) is 0 Å². The Labute approximate surface area is 124 Å². The summed E-state index contributed by atoms with van der Waals surface area (Å²) in [5.41, 5.74) is 2.93. The minimum atomic E-state index is -0.431. The molecule has 1 amide bonds. The van der Waals surface area contributed by atoms with Gasteiger partial charge in [0.15, 0.2) is 11.5 Å². The maximum atomic E-state index is 12.3. The van der Waals surface area contributed by atoms with E-state index in [1.54, 1.807) is 0 Å². The number of benzene rings is 2. The molecular formula is C17H19NO3. The van der Waals surface area contributed by atoms with Gasteiger partial charge in [-0.25, -0.2) is 0 Å². The quantitative estimate of drug-likeness (QED) is 0.753. The summed E-state index contributed by atoms with van der Waals surface area (Å²) in [6.45, 7) is 4.05. The summed E-state index contributed by atoms with van der Waals surface area (Å²) in [7, 11) is 0. The van der Waals surface area contributed by atoms with E-state index in [0.717, 1.165) is 29.7 Å². The fourth-order valence-electron chi connectivity index (χ4n) is 2.30. The normalized spacial score (nSPS) is 10.4. The van der Waals surface area contributed by atoms with Crippen molar-refractivity contribution >= 4 is 11.6 Å². The average Bonchev–Trinajstić information content (AvgIpc) is 2.50. The van der Waals surface area contributed by atoms with Crippen molar-refractivity contribution in [2.24, 2.45) is 0 Å². The van der Waals surface area contributed by atoms with E-state index in [-0.39, 0.29) is 11.3 Å². The van der Waals surface area contributed by atoms with Crippen LogP contribution in [0.4, 0.5) is 5.69 Å². The van der Waals surface area contributed by atoms with E-state index in [4.69, 9.17) is 0 Å². The van der Waals surface area contributed by atoms with E-state index < -0.39 is 11.7 Å². The second-order valence-corrected chi connectivity index (χ2v) is 4.79. The Balaban J connectivity index is 2.38. The molecule has 0 bridgehead atoms. The summed E-state index contributed by atoms with van der Waals surface area (Å²) in [5, 5.41) is 22.1. The van der Waals surface area contributed by atoms with Crippen LogP contribution in [0, 0.1) is 0 Å². The number of amides is 1. The van der Waals surface area contributed by atoms with E-state index in [2.05, 4.69) is 5.32 Å². The van der Waals surface area contributed by atoms with Crippen molar-refractivity contribution in [3.63, 3.8) is 0 Å². The van der Waals surface area contributed by atoms with Gasteiger partial charge >= 0.3 is 0 Å². The van der Waals surface area contributed by atoms with Crippen molar-refractivity contribution in [2.45, 2.75) is 26.7 Å². The Hall–Kier alpha value is -2.49. The highest BCUT2D eigenvalue weighted by atomic mass is 16.3. The van der Waals surface area contributed by atoms with Crippen LogP contribution in [0.5, 0.6) is 11.5 Å². The molecule has 0 unspecified atom stereocenters. The molecular weight excluding hydrogens is 266 g/mol. The second-order valence-electron chi connectivity index (χ2n) is 4.79. The third-order valence-electron chi connectivity index (χ3n) is 3.50. The van der Waals surface area contributed by atoms with Crippen LogP contribution in [0.25, 0.3) is 0 Å². The van der Waals surface area contributed by atoms with Gasteiger partial charge in [-0.1, -0.05) is 38.1 Å². The Bertz CT molecular complexity index is 643. The zero-order valence-corrected chi connectivity index (χ0v) is 12.2. The number of para-hydroxylation sites is 2. The van der Waals surface area contributed by atoms with Gasteiger partial charge in [-0.2, -0.15) is 0 Å². The molecule has 0 spiro atoms. The molecule has 0 saturated heterocycles. The van der Waals surface area contributed by atoms with E-state index in [9.17, 15) is 15.0 Å². The van der Waals surface area contributed by atoms with Crippen LogP contribution in [-0.4, -0.2) is 16.1 Å². The average molecular weight is 285 g/mol. The molecule has 2 aromatic carbocycles. The zero-order chi connectivity index (χ0) is 15.4. The first-order valence-corrected chi connectivity index (χ1v) is 7.01. The molecule has 4 heteroatoms. The number of rotatable bonds is 4. The van der Waals surface area contributed by atoms with E-state index in [1.807, 2.05) is 32.0 Å². The van der Waals surface area contributed by atoms with Gasteiger partial charge in [-0.15, -0.1) is 0 Å². The first-order valence-electron chi connectivity index (χ1n) is 7.01. The Morgan fingerprint density at radius 1 is 1.00 bits per heavy atom. The number of aromatic hydroxyl groups is 2. The molecule has 0 fully saturated rings. The Morgan fingerprint density at radius 2 is 1.57 bits per heavy atom. The van der Waals surface area contributed by atoms with Crippen molar-refractivity contribution in [3.05, 3.63) is 53.1 Å². The lowest BCUT2D eigenvalue weighted by Crippen LogP contribution is -2.15. The smallest absolute Gasteiger partial charge is 0.259 e. The highest BCUT2D eigenvalue weighted by Gasteiger charge is 2.16. The van der Waals surface area contributed by atoms with Crippen LogP contribution in [0.1, 0.15) is 35.3 Å². The van der Waals surface area contributed by atoms with Crippen molar-refractivity contribution in [2.75, 3.05) is 5.32 Å². The summed E-state index contributed by atoms with van der Waals surface area (Å²) >= 11 is 0. The minimum absolute atomic E-state index is 0.0583. The lowest BCUT2D eigenvalue weighted by Gasteiger charge is -2.15. The Kier molecular flexibility index (Phi) is 4.48. The highest BCUT2D eigenvalue weighted by molar-refractivity contribution is 6.07. The fraction of sp³-hybridized carbons (Fsp3) is 0.235. The molecule has 0 atom stereocenters. The largest absolute Gasteiger partial charge is 0.504 e. The molecule has 2 aromatic rings. The minimum Gasteiger partial charge on any atom is -0.504 e. The monoisotopic (exact) mass is 285 g/mol. The van der Waals surface area contributed by atoms with Crippen LogP contribution in [0.2, 0.25) is 0 Å². The van der Waals surface area contributed by atoms with E-state index in [1.165, 1.54) is 18.2 Å². The molecule has 3 N–H and O–H groups in total. The van der Waals surface area contributed by atoms with Gasteiger partial charge in [-0.3, -0.25) is 4.79 Å². The number of carbonyl (C=O) groups excluding carboxylic acids is 1. The SMILES string of the molecule is CCc1cccc(CC)c1NC(=O)c1cccc(O)c1O. The van der Waals surface area contributed by atoms with Gasteiger partial charge in [0, 0.05) is 5.69 Å². The molecule has 0 heterocycles. The summed E-state index contributed by atoms with van der Waals surface area (Å²) in [5.74, 6) is -1.14. The number of hydrogen-bond acceptors (Lipinski definition) is 3. The van der Waals surface area contributed by atoms with Gasteiger partial charge in [0.05, 0.1) is 5.56 Å². The topological polar surface area (TPSA) is 69.6 Å². The van der Waals surface area contributed by atoms with Crippen molar-refractivity contribution in [1.29, 1.82) is 0 Å². The van der Waals surface area contributed by atoms with Crippen molar-refractivity contribution in [1.82, 2.24) is 0 Å². The summed E-state index contributed by atoms with van der Waals surface area (Å²) in [4.78, 5) is 12.3. The van der Waals surface area contributed by atoms with Crippen LogP contribution in [0.15, 0.2) is 36.4 Å². The summed E-state index contributed by atoms with van der Waals surface area (Å²) < 4.78 is 0. The van der Waals surface area contributed by atoms with Gasteiger partial charge in [-0.05, 0) is 36.1 Å². The Morgan fingerprint density at radius 3 is 2.14 bits per heavy atom. The lowest BCUT2D eigenvalue weighted by molar-refractivity contribution is 0.102. The second kappa shape index (κ2) is 6.31. The molecule has 0 aliphatic carbocycles. The van der Waals surface area contributed by atoms with E-state index >= 15 is 0 Å². The molecule has 0 aromatic heterocycles. The predicted molar refractivity (Wildman–Crippen MR) is 82.9 cm³/mol. The predicted octanol–water partition coefficient (Wildman–Crippen LogP) is 3.47. The first-order chi connectivity index (χ1) is 10.1. The fourth-order valence-corrected chi connectivity index (χ4v) is 2.30. The summed E-state index contributed by atoms with van der Waals surface area (Å²) in [6.07, 6.45) is 1.60. The zero-order valence-electron chi connectivity index (χ0n) is 12.2. The van der Waals surface area contributed by atoms with Crippen molar-refractivity contribution < 1.29 is 15.0 Å². The number of phenolic OH excluding ortho intramolecular Hbond substituents is 2. The van der Waals surface area contributed by atoms with Gasteiger partial charge in [0.1, 0.15) is 0 Å². The standard InChI is InChI=1S/C17H19NO3/c1-3-11-7-5-8-12(4-2)15(11)18-17(21)13-9-6-10-14(19)16(13)20/h5-10,19-20H,3-4H2,1-2H3,(H,18,21). The lowest BCUT2D eigenvalue weighted by atomic mass is 10.0. The third kappa shape index (κ3) is 2.99. The highest BCUT2D eigenvalue weighted by Crippen LogP contribution is 2.30. The van der Waals surface area contributed by atoms with Crippen LogP contribution in [-0.2, 0) is 12.8 Å². The van der Waals surface area contributed by atoms with Crippen LogP contribution in [0.3, 0.4) is 0 Å². The first kappa shape index (κ1) is 14.9. The van der Waals surface area contributed by atoms with E-state index in [0.29, 0.717) is 0 Å². The molecule has 0 aliphatic rings. The number of hydrogen-bond donors (Lipinski definition) is 3. The molecule has 2 rings (SSSR count). The maximum absolute atomic E-state index is 12.3. The molecule has 0 aliphatic heterocycles. The van der Waals surface area contributed by atoms with Gasteiger partial charge in [0.25, 0.3) is 5.91 Å². The number of nitrogens with one attached hydrogen (secondary N) is 1. The number of anilines is 1. The molecule has 110 valence electrons. The number of phenols is 2. The van der Waals surface area contributed by atoms with Crippen LogP contribution < -0.4 is 5.32 Å². The maximum Gasteiger partial charge on any atom is 0.259 e. The third-order valence-corrected chi connectivity index (χ3v) is 3.50. The number of aryl methyl sites for hydroxylation is 2. The molecule has 4 nitrogen and oxygen atoms in total. The van der Waals surface area contributed by atoms with Gasteiger partial charge < -0.3 is 15.5 Å². The summed E-state index contributed by atoms with van der Waals surface area (Å²) in [6, 6.07) is 10.2. The molecule has 0 saturated carbocycles. The molecule has 21 heavy (non-hydrogen) atoms.